The topological polar surface area (TPSA) is 57.6 Å². The van der Waals surface area contributed by atoms with Crippen molar-refractivity contribution < 1.29 is 23.5 Å². The van der Waals surface area contributed by atoms with Crippen LogP contribution in [0.3, 0.4) is 0 Å². The van der Waals surface area contributed by atoms with Gasteiger partial charge in [0, 0.05) is 17.5 Å². The van der Waals surface area contributed by atoms with Gasteiger partial charge in [0.1, 0.15) is 0 Å². The minimum absolute atomic E-state index is 0.195. The zero-order valence-electron chi connectivity index (χ0n) is 11.3. The normalized spacial score (nSPS) is 21.8. The maximum absolute atomic E-state index is 12.5. The summed E-state index contributed by atoms with van der Waals surface area (Å²) in [5.41, 5.74) is 0.195. The predicted octanol–water partition coefficient (Wildman–Crippen LogP) is 2.94. The van der Waals surface area contributed by atoms with Gasteiger partial charge in [-0.25, -0.2) is 0 Å². The first-order valence-corrected chi connectivity index (χ1v) is 7.37. The molecule has 114 valence electrons. The largest absolute Gasteiger partial charge is 0.481 e. The smallest absolute Gasteiger partial charge is 0.308 e. The van der Waals surface area contributed by atoms with Crippen molar-refractivity contribution in [2.45, 2.75) is 30.0 Å². The van der Waals surface area contributed by atoms with Crippen molar-refractivity contribution in [1.29, 1.82) is 0 Å². The SMILES string of the molecule is CC1C(C(=O)O)CCN1C(=O)c1ccccc1SC(F)F. The molecule has 0 aromatic heterocycles. The van der Waals surface area contributed by atoms with E-state index in [0.717, 1.165) is 0 Å². The van der Waals surface area contributed by atoms with Gasteiger partial charge in [0.15, 0.2) is 0 Å². The highest BCUT2D eigenvalue weighted by Gasteiger charge is 2.38. The van der Waals surface area contributed by atoms with Gasteiger partial charge in [0.05, 0.1) is 11.5 Å². The van der Waals surface area contributed by atoms with Crippen molar-refractivity contribution in [3.05, 3.63) is 29.8 Å². The lowest BCUT2D eigenvalue weighted by Crippen LogP contribution is -2.37. The number of aliphatic carboxylic acids is 1. The number of carboxylic acid groups (broad SMARTS) is 1. The van der Waals surface area contributed by atoms with E-state index < -0.39 is 29.6 Å². The van der Waals surface area contributed by atoms with Gasteiger partial charge in [-0.2, -0.15) is 8.78 Å². The van der Waals surface area contributed by atoms with Crippen LogP contribution in [0.1, 0.15) is 23.7 Å². The molecule has 0 aliphatic carbocycles. The van der Waals surface area contributed by atoms with Gasteiger partial charge in [0.25, 0.3) is 11.7 Å². The van der Waals surface area contributed by atoms with Crippen molar-refractivity contribution >= 4 is 23.6 Å². The van der Waals surface area contributed by atoms with E-state index in [0.29, 0.717) is 24.7 Å². The summed E-state index contributed by atoms with van der Waals surface area (Å²) >= 11 is 0.323. The molecule has 0 saturated carbocycles. The van der Waals surface area contributed by atoms with E-state index in [1.807, 2.05) is 0 Å². The second-order valence-electron chi connectivity index (χ2n) is 4.85. The minimum Gasteiger partial charge on any atom is -0.481 e. The van der Waals surface area contributed by atoms with Crippen molar-refractivity contribution in [2.24, 2.45) is 5.92 Å². The number of carboxylic acids is 1. The van der Waals surface area contributed by atoms with Crippen LogP contribution >= 0.6 is 11.8 Å². The molecule has 1 aromatic rings. The summed E-state index contributed by atoms with van der Waals surface area (Å²) in [6, 6.07) is 5.72. The number of hydrogen-bond donors (Lipinski definition) is 1. The molecule has 2 atom stereocenters. The lowest BCUT2D eigenvalue weighted by molar-refractivity contribution is -0.142. The highest BCUT2D eigenvalue weighted by molar-refractivity contribution is 7.99. The van der Waals surface area contributed by atoms with Crippen LogP contribution in [0.25, 0.3) is 0 Å². The van der Waals surface area contributed by atoms with Gasteiger partial charge in [-0.1, -0.05) is 23.9 Å². The Kier molecular flexibility index (Phi) is 4.82. The molecule has 1 saturated heterocycles. The number of rotatable bonds is 4. The van der Waals surface area contributed by atoms with E-state index in [9.17, 15) is 18.4 Å². The van der Waals surface area contributed by atoms with Crippen LogP contribution < -0.4 is 0 Å². The third kappa shape index (κ3) is 3.34. The Morgan fingerprint density at radius 2 is 2.05 bits per heavy atom. The first-order valence-electron chi connectivity index (χ1n) is 6.49. The van der Waals surface area contributed by atoms with Crippen LogP contribution in [0.2, 0.25) is 0 Å². The Balaban J connectivity index is 2.23. The van der Waals surface area contributed by atoms with Crippen LogP contribution in [0.15, 0.2) is 29.2 Å². The zero-order chi connectivity index (χ0) is 15.6. The Morgan fingerprint density at radius 1 is 1.38 bits per heavy atom. The molecule has 1 fully saturated rings. The molecular formula is C14H15F2NO3S. The van der Waals surface area contributed by atoms with Gasteiger partial charge in [-0.15, -0.1) is 0 Å². The third-order valence-electron chi connectivity index (χ3n) is 3.67. The zero-order valence-corrected chi connectivity index (χ0v) is 12.1. The average molecular weight is 315 g/mol. The number of alkyl halides is 2. The molecule has 1 aliphatic heterocycles. The number of thioether (sulfide) groups is 1. The van der Waals surface area contributed by atoms with Gasteiger partial charge < -0.3 is 10.0 Å². The second-order valence-corrected chi connectivity index (χ2v) is 5.88. The van der Waals surface area contributed by atoms with Gasteiger partial charge in [-0.3, -0.25) is 9.59 Å². The quantitative estimate of drug-likeness (QED) is 0.868. The van der Waals surface area contributed by atoms with Crippen molar-refractivity contribution in [1.82, 2.24) is 4.90 Å². The van der Waals surface area contributed by atoms with Gasteiger partial charge in [-0.05, 0) is 25.5 Å². The van der Waals surface area contributed by atoms with E-state index in [1.165, 1.54) is 17.0 Å². The summed E-state index contributed by atoms with van der Waals surface area (Å²) < 4.78 is 25.1. The number of halogens is 2. The van der Waals surface area contributed by atoms with Crippen LogP contribution in [-0.2, 0) is 4.79 Å². The minimum atomic E-state index is -2.61. The fraction of sp³-hybridized carbons (Fsp3) is 0.429. The predicted molar refractivity (Wildman–Crippen MR) is 74.5 cm³/mol. The molecule has 1 N–H and O–H groups in total. The standard InChI is InChI=1S/C14H15F2NO3S/c1-8-9(13(19)20)6-7-17(8)12(18)10-4-2-3-5-11(10)21-14(15)16/h2-5,8-9,14H,6-7H2,1H3,(H,19,20). The average Bonchev–Trinajstić information content (AvgIpc) is 2.80. The van der Waals surface area contributed by atoms with Crippen molar-refractivity contribution in [3.8, 4) is 0 Å². The van der Waals surface area contributed by atoms with Gasteiger partial charge in [0.2, 0.25) is 0 Å². The molecule has 0 radical (unpaired) electrons. The summed E-state index contributed by atoms with van der Waals surface area (Å²) in [6.07, 6.45) is 0.381. The lowest BCUT2D eigenvalue weighted by Gasteiger charge is -2.24. The van der Waals surface area contributed by atoms with Gasteiger partial charge >= 0.3 is 5.97 Å². The second kappa shape index (κ2) is 6.43. The molecule has 1 aliphatic rings. The lowest BCUT2D eigenvalue weighted by atomic mass is 10.0. The first-order chi connectivity index (χ1) is 9.91. The summed E-state index contributed by atoms with van der Waals surface area (Å²) in [4.78, 5) is 25.3. The molecule has 4 nitrogen and oxygen atoms in total. The van der Waals surface area contributed by atoms with Crippen molar-refractivity contribution in [3.63, 3.8) is 0 Å². The molecular weight excluding hydrogens is 300 g/mol. The van der Waals surface area contributed by atoms with Crippen LogP contribution in [0, 0.1) is 5.92 Å². The van der Waals surface area contributed by atoms with Crippen molar-refractivity contribution in [2.75, 3.05) is 6.54 Å². The van der Waals surface area contributed by atoms with E-state index in [4.69, 9.17) is 5.11 Å². The van der Waals surface area contributed by atoms with Crippen LogP contribution in [0.4, 0.5) is 8.78 Å². The summed E-state index contributed by atoms with van der Waals surface area (Å²) in [5.74, 6) is -4.55. The molecule has 21 heavy (non-hydrogen) atoms. The van der Waals surface area contributed by atoms with Crippen LogP contribution in [0.5, 0.6) is 0 Å². The number of hydrogen-bond acceptors (Lipinski definition) is 3. The molecule has 2 rings (SSSR count). The Hall–Kier alpha value is -1.63. The molecule has 1 amide bonds. The first kappa shape index (κ1) is 15.8. The molecule has 0 spiro atoms. The summed E-state index contributed by atoms with van der Waals surface area (Å²) in [7, 11) is 0. The summed E-state index contributed by atoms with van der Waals surface area (Å²) in [5, 5.41) is 9.09. The number of likely N-dealkylation sites (tertiary alicyclic amines) is 1. The highest BCUT2D eigenvalue weighted by atomic mass is 32.2. The maximum atomic E-state index is 12.5. The molecule has 2 unspecified atom stereocenters. The van der Waals surface area contributed by atoms with E-state index in [1.54, 1.807) is 19.1 Å². The van der Waals surface area contributed by atoms with E-state index >= 15 is 0 Å². The molecule has 1 aromatic carbocycles. The number of nitrogens with zero attached hydrogens (tertiary/aromatic N) is 1. The van der Waals surface area contributed by atoms with E-state index in [-0.39, 0.29) is 10.5 Å². The fourth-order valence-corrected chi connectivity index (χ4v) is 3.18. The number of carbonyl (C=O) groups excluding carboxylic acids is 1. The number of benzene rings is 1. The Labute approximate surface area is 125 Å². The van der Waals surface area contributed by atoms with Crippen LogP contribution in [-0.4, -0.2) is 40.2 Å². The Morgan fingerprint density at radius 3 is 2.62 bits per heavy atom. The Bertz CT molecular complexity index is 553. The number of amides is 1. The highest BCUT2D eigenvalue weighted by Crippen LogP contribution is 2.32. The molecule has 1 heterocycles. The maximum Gasteiger partial charge on any atom is 0.308 e. The monoisotopic (exact) mass is 315 g/mol. The van der Waals surface area contributed by atoms with E-state index in [2.05, 4.69) is 0 Å². The molecule has 0 bridgehead atoms. The number of carbonyl (C=O) groups is 2. The summed E-state index contributed by atoms with van der Waals surface area (Å²) in [6.45, 7) is 2.00. The third-order valence-corrected chi connectivity index (χ3v) is 4.45. The fourth-order valence-electron chi connectivity index (χ4n) is 2.55. The molecule has 7 heteroatoms.